The molecule has 0 aromatic heterocycles. The van der Waals surface area contributed by atoms with E-state index < -0.39 is 25.6 Å². The van der Waals surface area contributed by atoms with E-state index in [0.29, 0.717) is 5.69 Å². The van der Waals surface area contributed by atoms with Crippen molar-refractivity contribution < 1.29 is 26.9 Å². The zero-order valence-electron chi connectivity index (χ0n) is 21.8. The van der Waals surface area contributed by atoms with Crippen LogP contribution >= 0.6 is 0 Å². The molecule has 2 aliphatic heterocycles. The molecule has 1 amide bonds. The topological polar surface area (TPSA) is 128 Å². The van der Waals surface area contributed by atoms with Crippen molar-refractivity contribution in [1.82, 2.24) is 4.90 Å². The average molecular weight is 585 g/mol. The van der Waals surface area contributed by atoms with E-state index in [0.717, 1.165) is 43.9 Å². The van der Waals surface area contributed by atoms with Crippen LogP contribution in [0.3, 0.4) is 0 Å². The van der Waals surface area contributed by atoms with Gasteiger partial charge in [-0.1, -0.05) is 12.1 Å². The Hall–Kier alpha value is -3.38. The van der Waals surface area contributed by atoms with E-state index in [1.54, 1.807) is 23.1 Å². The summed E-state index contributed by atoms with van der Waals surface area (Å²) in [7, 11) is -6.92. The summed E-state index contributed by atoms with van der Waals surface area (Å²) < 4.78 is 57.4. The number of hydrogen-bond acceptors (Lipinski definition) is 6. The lowest BCUT2D eigenvalue weighted by atomic mass is 9.58. The number of carbonyl (C=O) groups excluding carboxylic acids is 1. The Morgan fingerprint density at radius 1 is 1.23 bits per heavy atom. The zero-order valence-corrected chi connectivity index (χ0v) is 23.4. The first-order chi connectivity index (χ1) is 18.8. The van der Waals surface area contributed by atoms with Crippen LogP contribution in [0.2, 0.25) is 0 Å². The number of aliphatic hydroxyl groups excluding tert-OH is 1. The molecule has 3 fully saturated rings. The first kappa shape index (κ1) is 25.6. The van der Waals surface area contributed by atoms with Gasteiger partial charge in [-0.25, -0.2) is 17.0 Å². The molecule has 3 N–H and O–H groups in total. The third kappa shape index (κ3) is 3.64. The molecule has 1 unspecified atom stereocenters. The highest BCUT2D eigenvalue weighted by Crippen LogP contribution is 2.85. The van der Waals surface area contributed by atoms with Gasteiger partial charge in [-0.3, -0.25) is 9.52 Å². The van der Waals surface area contributed by atoms with Gasteiger partial charge in [-0.05, 0) is 84.7 Å². The third-order valence-corrected chi connectivity index (χ3v) is 11.7. The largest absolute Gasteiger partial charge is 0.511 e. The van der Waals surface area contributed by atoms with Crippen LogP contribution < -0.4 is 10.0 Å². The van der Waals surface area contributed by atoms with Gasteiger partial charge in [0.2, 0.25) is 10.0 Å². The van der Waals surface area contributed by atoms with E-state index >= 15 is 0 Å². The molecular weight excluding hydrogens is 555 g/mol. The minimum atomic E-state index is -3.57. The normalized spacial score (nSPS) is 33.9. The first-order valence-electron chi connectivity index (χ1n) is 13.2. The summed E-state index contributed by atoms with van der Waals surface area (Å²) in [5, 5.41) is 14.7. The van der Waals surface area contributed by atoms with Gasteiger partial charge < -0.3 is 15.3 Å². The van der Waals surface area contributed by atoms with Gasteiger partial charge in [-0.2, -0.15) is 4.40 Å². The first-order valence-corrected chi connectivity index (χ1v) is 16.8. The summed E-state index contributed by atoms with van der Waals surface area (Å²) in [5.74, 6) is 2.63. The fourth-order valence-electron chi connectivity index (χ4n) is 7.71. The minimum Gasteiger partial charge on any atom is -0.511 e. The van der Waals surface area contributed by atoms with Gasteiger partial charge in [-0.15, -0.1) is 0 Å². The maximum Gasteiger partial charge on any atom is 0.261 e. The van der Waals surface area contributed by atoms with Crippen molar-refractivity contribution in [2.45, 2.75) is 49.6 Å². The molecule has 5 aliphatic rings. The van der Waals surface area contributed by atoms with Crippen molar-refractivity contribution >= 4 is 48.7 Å². The molecule has 2 aromatic rings. The summed E-state index contributed by atoms with van der Waals surface area (Å²) in [6.07, 6.45) is 5.90. The lowest BCUT2D eigenvalue weighted by molar-refractivity contribution is -0.140. The maximum absolute atomic E-state index is 14.3. The van der Waals surface area contributed by atoms with Crippen LogP contribution in [0.15, 0.2) is 63.1 Å². The fourth-order valence-corrected chi connectivity index (χ4v) is 9.57. The maximum atomic E-state index is 14.3. The number of amidine groups is 1. The molecule has 210 valence electrons. The molecule has 12 heteroatoms. The highest BCUT2D eigenvalue weighted by molar-refractivity contribution is 7.99. The van der Waals surface area contributed by atoms with E-state index in [2.05, 4.69) is 20.3 Å². The lowest BCUT2D eigenvalue weighted by Gasteiger charge is -2.55. The molecular formula is C28H29FN4O5S2. The summed E-state index contributed by atoms with van der Waals surface area (Å²) in [4.78, 5) is 16.2. The second-order valence-electron chi connectivity index (χ2n) is 11.8. The summed E-state index contributed by atoms with van der Waals surface area (Å²) in [5.41, 5.74) is 1.53. The molecule has 0 bridgehead atoms. The molecule has 3 aliphatic carbocycles. The fraction of sp³-hybridized carbons (Fsp3) is 0.393. The lowest BCUT2D eigenvalue weighted by Crippen LogP contribution is -2.60. The quantitative estimate of drug-likeness (QED) is 0.459. The Kier molecular flexibility index (Phi) is 5.18. The highest BCUT2D eigenvalue weighted by atomic mass is 32.2. The second-order valence-corrected chi connectivity index (χ2v) is 15.5. The number of benzene rings is 2. The zero-order chi connectivity index (χ0) is 28.2. The molecule has 2 heterocycles. The van der Waals surface area contributed by atoms with E-state index in [1.807, 2.05) is 0 Å². The Labute approximate surface area is 232 Å². The number of halogens is 1. The highest BCUT2D eigenvalue weighted by Gasteiger charge is 2.80. The number of rotatable bonds is 5. The van der Waals surface area contributed by atoms with Gasteiger partial charge in [0.15, 0.2) is 5.84 Å². The number of nitrogens with one attached hydrogen (secondary N) is 2. The Bertz CT molecular complexity index is 1770. The van der Waals surface area contributed by atoms with Crippen molar-refractivity contribution in [3.8, 4) is 0 Å². The van der Waals surface area contributed by atoms with Gasteiger partial charge >= 0.3 is 0 Å². The van der Waals surface area contributed by atoms with E-state index in [-0.39, 0.29) is 62.9 Å². The number of anilines is 2. The second kappa shape index (κ2) is 8.10. The third-order valence-electron chi connectivity index (χ3n) is 9.56. The number of sulfonamides is 1. The molecule has 3 saturated carbocycles. The van der Waals surface area contributed by atoms with Crippen LogP contribution in [0.5, 0.6) is 0 Å². The van der Waals surface area contributed by atoms with Crippen LogP contribution in [0.1, 0.15) is 37.7 Å². The molecule has 9 nitrogen and oxygen atoms in total. The van der Waals surface area contributed by atoms with Crippen molar-refractivity contribution in [2.24, 2.45) is 21.1 Å². The number of fused-ring (bicyclic) bond motifs is 2. The Balaban J connectivity index is 1.30. The van der Waals surface area contributed by atoms with Gasteiger partial charge in [0.1, 0.15) is 17.1 Å². The molecule has 7 rings (SSSR count). The smallest absolute Gasteiger partial charge is 0.261 e. The Morgan fingerprint density at radius 3 is 2.65 bits per heavy atom. The minimum absolute atomic E-state index is 0.0115. The summed E-state index contributed by atoms with van der Waals surface area (Å²) >= 11 is 0. The van der Waals surface area contributed by atoms with Gasteiger partial charge in [0.25, 0.3) is 5.91 Å². The van der Waals surface area contributed by atoms with Crippen LogP contribution in [0, 0.1) is 22.6 Å². The molecule has 5 atom stereocenters. The van der Waals surface area contributed by atoms with E-state index in [9.17, 15) is 26.9 Å². The Morgan fingerprint density at radius 2 is 1.98 bits per heavy atom. The predicted octanol–water partition coefficient (Wildman–Crippen LogP) is 3.81. The number of carbonyl (C=O) groups is 1. The van der Waals surface area contributed by atoms with Crippen molar-refractivity contribution in [3.63, 3.8) is 0 Å². The van der Waals surface area contributed by atoms with Crippen molar-refractivity contribution in [3.05, 3.63) is 65.2 Å². The van der Waals surface area contributed by atoms with E-state index in [4.69, 9.17) is 0 Å². The van der Waals surface area contributed by atoms with Gasteiger partial charge in [0, 0.05) is 24.2 Å². The molecule has 40 heavy (non-hydrogen) atoms. The van der Waals surface area contributed by atoms with Crippen LogP contribution in [-0.4, -0.2) is 52.5 Å². The monoisotopic (exact) mass is 584 g/mol. The van der Waals surface area contributed by atoms with E-state index in [1.165, 1.54) is 24.3 Å². The average Bonchev–Trinajstić information content (AvgIpc) is 3.40. The standard InChI is InChI=1S/C28H29FN4O5S2/c1-39(36)21-13-18(31-40(2,37)38)7-8-20(21)30-25(32-39)22-23(34)19-9-10-27-11-12-28(27,15-27)24(19)33(26(22)35)14-16-3-5-17(29)6-4-16/h3-8,13,19,24,31,34H,1,9-12,14-15H2,2H3,(H,30,32,36)/t19-,24-,27-,28+,39?/m0/s1. The number of nitrogens with zero attached hydrogens (tertiary/aromatic N) is 2. The molecule has 0 spiro atoms. The SMILES string of the molecule is C=S1(=O)N=C(C2=C(O)[C@@H]3CC[C@@]45CC[C@@]4(C5)[C@H]3N(Cc3ccc(F)cc3)C2=O)Nc2ccc(NS(C)(=O)=O)cc21. The summed E-state index contributed by atoms with van der Waals surface area (Å²) in [6.45, 7) is 0.249. The summed E-state index contributed by atoms with van der Waals surface area (Å²) in [6, 6.07) is 10.3. The number of hydrogen-bond donors (Lipinski definition) is 3. The molecule has 2 aromatic carbocycles. The van der Waals surface area contributed by atoms with Crippen LogP contribution in [-0.2, 0) is 31.1 Å². The van der Waals surface area contributed by atoms with Crippen LogP contribution in [0.25, 0.3) is 0 Å². The number of aliphatic hydroxyl groups is 1. The molecule has 0 radical (unpaired) electrons. The van der Waals surface area contributed by atoms with Gasteiger partial charge in [0.05, 0.1) is 26.5 Å². The number of amides is 1. The van der Waals surface area contributed by atoms with Crippen molar-refractivity contribution in [1.29, 1.82) is 0 Å². The van der Waals surface area contributed by atoms with Crippen molar-refractivity contribution in [2.75, 3.05) is 16.3 Å². The van der Waals surface area contributed by atoms with Crippen LogP contribution in [0.4, 0.5) is 15.8 Å². The predicted molar refractivity (Wildman–Crippen MR) is 151 cm³/mol. The molecule has 0 saturated heterocycles.